The number of nitrogens with one attached hydrogen (secondary N) is 2. The molecule has 0 saturated heterocycles. The first-order valence-electron chi connectivity index (χ1n) is 8.86. The van der Waals surface area contributed by atoms with Crippen LogP contribution in [0.3, 0.4) is 0 Å². The van der Waals surface area contributed by atoms with E-state index in [1.807, 2.05) is 0 Å². The Hall–Kier alpha value is -1.60. The number of thiophene rings is 1. The number of esters is 1. The van der Waals surface area contributed by atoms with Crippen LogP contribution in [0.15, 0.2) is 17.5 Å². The summed E-state index contributed by atoms with van der Waals surface area (Å²) in [6.45, 7) is -0.407. The number of hydrazine groups is 1. The molecule has 1 heterocycles. The van der Waals surface area contributed by atoms with Crippen LogP contribution in [0.25, 0.3) is 0 Å². The summed E-state index contributed by atoms with van der Waals surface area (Å²) in [7, 11) is 0. The van der Waals surface area contributed by atoms with Gasteiger partial charge in [0.2, 0.25) is 0 Å². The second-order valence-corrected chi connectivity index (χ2v) is 9.70. The third-order valence-electron chi connectivity index (χ3n) is 5.82. The fourth-order valence-electron chi connectivity index (χ4n) is 5.31. The van der Waals surface area contributed by atoms with Gasteiger partial charge in [-0.2, -0.15) is 0 Å². The highest BCUT2D eigenvalue weighted by atomic mass is 35.5. The average molecular weight is 397 g/mol. The Labute approximate surface area is 160 Å². The molecule has 1 aromatic heterocycles. The van der Waals surface area contributed by atoms with E-state index in [4.69, 9.17) is 16.3 Å². The van der Waals surface area contributed by atoms with Gasteiger partial charge in [-0.1, -0.05) is 6.07 Å². The van der Waals surface area contributed by atoms with Gasteiger partial charge in [0.05, 0.1) is 10.3 Å². The van der Waals surface area contributed by atoms with Crippen molar-refractivity contribution in [2.24, 2.45) is 17.3 Å². The number of carbonyl (C=O) groups excluding carboxylic acids is 3. The van der Waals surface area contributed by atoms with Crippen LogP contribution in [0.5, 0.6) is 0 Å². The molecule has 4 aliphatic carbocycles. The summed E-state index contributed by atoms with van der Waals surface area (Å²) in [6, 6.07) is 3.40. The second kappa shape index (κ2) is 6.53. The van der Waals surface area contributed by atoms with Gasteiger partial charge in [0.15, 0.2) is 6.61 Å². The van der Waals surface area contributed by atoms with Crippen molar-refractivity contribution in [1.82, 2.24) is 10.9 Å². The predicted molar refractivity (Wildman–Crippen MR) is 96.6 cm³/mol. The first kappa shape index (κ1) is 17.8. The number of alkyl halides is 1. The van der Waals surface area contributed by atoms with Crippen LogP contribution in [-0.4, -0.2) is 29.3 Å². The van der Waals surface area contributed by atoms with Gasteiger partial charge in [0, 0.05) is 4.87 Å². The number of amides is 2. The van der Waals surface area contributed by atoms with E-state index in [-0.39, 0.29) is 10.8 Å². The van der Waals surface area contributed by atoms with Crippen LogP contribution in [0.2, 0.25) is 0 Å². The zero-order valence-electron chi connectivity index (χ0n) is 14.3. The van der Waals surface area contributed by atoms with Crippen LogP contribution in [0, 0.1) is 17.3 Å². The Morgan fingerprint density at radius 2 is 1.92 bits per heavy atom. The Balaban J connectivity index is 1.29. The molecule has 2 N–H and O–H groups in total. The molecule has 5 rings (SSSR count). The van der Waals surface area contributed by atoms with E-state index in [0.717, 1.165) is 32.1 Å². The molecule has 0 aliphatic heterocycles. The molecule has 4 bridgehead atoms. The molecule has 4 aliphatic rings. The van der Waals surface area contributed by atoms with Gasteiger partial charge in [-0.3, -0.25) is 25.2 Å². The van der Waals surface area contributed by atoms with E-state index in [1.165, 1.54) is 11.3 Å². The summed E-state index contributed by atoms with van der Waals surface area (Å²) in [5.74, 6) is -0.310. The van der Waals surface area contributed by atoms with Gasteiger partial charge in [0.25, 0.3) is 11.8 Å². The van der Waals surface area contributed by atoms with E-state index in [2.05, 4.69) is 10.9 Å². The van der Waals surface area contributed by atoms with E-state index in [9.17, 15) is 14.4 Å². The molecule has 4 atom stereocenters. The van der Waals surface area contributed by atoms with Crippen molar-refractivity contribution in [1.29, 1.82) is 0 Å². The van der Waals surface area contributed by atoms with Gasteiger partial charge in [-0.15, -0.1) is 22.9 Å². The molecule has 0 aromatic carbocycles. The van der Waals surface area contributed by atoms with Crippen molar-refractivity contribution >= 4 is 40.7 Å². The number of rotatable bonds is 4. The molecule has 2 amide bonds. The summed E-state index contributed by atoms with van der Waals surface area (Å²) < 4.78 is 5.30. The van der Waals surface area contributed by atoms with Gasteiger partial charge in [-0.05, 0) is 61.8 Å². The van der Waals surface area contributed by atoms with Gasteiger partial charge in [0.1, 0.15) is 0 Å². The molecule has 0 radical (unpaired) electrons. The van der Waals surface area contributed by atoms with Crippen LogP contribution >= 0.6 is 22.9 Å². The van der Waals surface area contributed by atoms with Crippen LogP contribution in [0.1, 0.15) is 48.2 Å². The topological polar surface area (TPSA) is 84.5 Å². The summed E-state index contributed by atoms with van der Waals surface area (Å²) in [5, 5.41) is 1.77. The molecular formula is C18H21ClN2O4S. The highest BCUT2D eigenvalue weighted by Crippen LogP contribution is 2.64. The average Bonchev–Trinajstić information content (AvgIpc) is 3.09. The molecule has 0 spiro atoms. The van der Waals surface area contributed by atoms with Crippen molar-refractivity contribution in [3.8, 4) is 0 Å². The van der Waals surface area contributed by atoms with Crippen LogP contribution in [0.4, 0.5) is 0 Å². The zero-order chi connectivity index (χ0) is 18.4. The maximum Gasteiger partial charge on any atom is 0.312 e. The van der Waals surface area contributed by atoms with Crippen molar-refractivity contribution in [3.63, 3.8) is 0 Å². The van der Waals surface area contributed by atoms with Crippen LogP contribution < -0.4 is 10.9 Å². The first-order chi connectivity index (χ1) is 12.4. The third-order valence-corrected chi connectivity index (χ3v) is 7.13. The van der Waals surface area contributed by atoms with Crippen molar-refractivity contribution in [2.75, 3.05) is 6.61 Å². The third kappa shape index (κ3) is 3.34. The van der Waals surface area contributed by atoms with E-state index >= 15 is 0 Å². The summed E-state index contributed by atoms with van der Waals surface area (Å²) >= 11 is 8.00. The second-order valence-electron chi connectivity index (χ2n) is 7.95. The Morgan fingerprint density at radius 3 is 2.54 bits per heavy atom. The molecule has 4 saturated carbocycles. The fourth-order valence-corrected chi connectivity index (χ4v) is 6.62. The monoisotopic (exact) mass is 396 g/mol. The van der Waals surface area contributed by atoms with Crippen LogP contribution in [-0.2, 0) is 14.3 Å². The molecule has 2 unspecified atom stereocenters. The van der Waals surface area contributed by atoms with Crippen molar-refractivity contribution < 1.29 is 19.1 Å². The summed E-state index contributed by atoms with van der Waals surface area (Å²) in [5.41, 5.74) is 4.05. The number of hydrogen-bond donors (Lipinski definition) is 2. The van der Waals surface area contributed by atoms with E-state index in [1.54, 1.807) is 17.5 Å². The molecule has 4 fully saturated rings. The van der Waals surface area contributed by atoms with Gasteiger partial charge in [-0.25, -0.2) is 0 Å². The lowest BCUT2D eigenvalue weighted by Gasteiger charge is -2.58. The quantitative estimate of drug-likeness (QED) is 0.465. The normalized spacial score (nSPS) is 34.3. The smallest absolute Gasteiger partial charge is 0.312 e. The van der Waals surface area contributed by atoms with Crippen molar-refractivity contribution in [3.05, 3.63) is 22.4 Å². The highest BCUT2D eigenvalue weighted by molar-refractivity contribution is 7.12. The zero-order valence-corrected chi connectivity index (χ0v) is 15.8. The standard InChI is InChI=1S/C18H21ClN2O4S/c19-18-7-11-4-12(8-18)6-17(5-11,10-18)16(24)25-9-14(22)20-21-15(23)13-2-1-3-26-13/h1-3,11-12H,4-10H2,(H,20,22)(H,21,23)/t11-,12+,17?,18?. The molecule has 8 heteroatoms. The molecule has 6 nitrogen and oxygen atoms in total. The number of carbonyl (C=O) groups is 3. The maximum atomic E-state index is 12.7. The number of ether oxygens (including phenoxy) is 1. The summed E-state index contributed by atoms with van der Waals surface area (Å²) in [6.07, 6.45) is 5.38. The lowest BCUT2D eigenvalue weighted by atomic mass is 9.49. The molecule has 140 valence electrons. The Bertz CT molecular complexity index is 722. The molecular weight excluding hydrogens is 376 g/mol. The van der Waals surface area contributed by atoms with Gasteiger partial charge < -0.3 is 4.74 Å². The molecule has 1 aromatic rings. The SMILES string of the molecule is O=C(COC(=O)C12C[C@@H]3C[C@@H](CC(Cl)(C3)C1)C2)NNC(=O)c1cccs1. The number of hydrogen-bond acceptors (Lipinski definition) is 5. The van der Waals surface area contributed by atoms with Crippen molar-refractivity contribution in [2.45, 2.75) is 43.4 Å². The highest BCUT2D eigenvalue weighted by Gasteiger charge is 2.60. The minimum absolute atomic E-state index is 0.278. The lowest BCUT2D eigenvalue weighted by Crippen LogP contribution is -2.56. The predicted octanol–water partition coefficient (Wildman–Crippen LogP) is 2.63. The fraction of sp³-hybridized carbons (Fsp3) is 0.611. The first-order valence-corrected chi connectivity index (χ1v) is 10.1. The minimum atomic E-state index is -0.562. The number of halogens is 1. The maximum absolute atomic E-state index is 12.7. The van der Waals surface area contributed by atoms with E-state index in [0.29, 0.717) is 23.1 Å². The van der Waals surface area contributed by atoms with E-state index < -0.39 is 23.8 Å². The largest absolute Gasteiger partial charge is 0.455 e. The molecule has 26 heavy (non-hydrogen) atoms. The Morgan fingerprint density at radius 1 is 1.19 bits per heavy atom. The minimum Gasteiger partial charge on any atom is -0.455 e. The Kier molecular flexibility index (Phi) is 4.47. The summed E-state index contributed by atoms with van der Waals surface area (Å²) in [4.78, 5) is 36.6. The van der Waals surface area contributed by atoms with Gasteiger partial charge >= 0.3 is 5.97 Å². The lowest BCUT2D eigenvalue weighted by molar-refractivity contribution is -0.171.